The van der Waals surface area contributed by atoms with Crippen LogP contribution in [-0.4, -0.2) is 51.6 Å². The molecule has 11 nitrogen and oxygen atoms in total. The van der Waals surface area contributed by atoms with Crippen LogP contribution in [-0.2, 0) is 30.8 Å². The number of ketones is 1. The van der Waals surface area contributed by atoms with Crippen LogP contribution in [0.4, 0.5) is 24.7 Å². The average Bonchev–Trinajstić information content (AvgIpc) is 3.66. The smallest absolute Gasteiger partial charge is 0.417 e. The molecule has 0 radical (unpaired) electrons. The Hall–Kier alpha value is -5.55. The van der Waals surface area contributed by atoms with Crippen LogP contribution in [0.1, 0.15) is 51.4 Å². The molecule has 4 amide bonds. The lowest BCUT2D eigenvalue weighted by molar-refractivity contribution is -0.139. The maximum absolute atomic E-state index is 15.6. The van der Waals surface area contributed by atoms with Crippen molar-refractivity contribution in [1.29, 1.82) is 0 Å². The molecular weight excluding hydrogens is 1010 g/mol. The number of imide groups is 2. The number of ether oxygens (including phenoxy) is 1. The minimum absolute atomic E-state index is 0.00395. The number of phenols is 1. The summed E-state index contributed by atoms with van der Waals surface area (Å²) in [5, 5.41) is 11.6. The third-order valence-electron chi connectivity index (χ3n) is 12.7. The number of halogens is 7. The largest absolute Gasteiger partial charge is 0.503 e. The number of carbonyl (C=O) groups excluding carboxylic acids is 5. The highest BCUT2D eigenvalue weighted by atomic mass is 79.9. The van der Waals surface area contributed by atoms with Gasteiger partial charge in [0.2, 0.25) is 11.8 Å². The van der Waals surface area contributed by atoms with Gasteiger partial charge in [0.15, 0.2) is 23.1 Å². The summed E-state index contributed by atoms with van der Waals surface area (Å²) in [4.78, 5) is 78.1. The number of anilines is 2. The third-order valence-corrected chi connectivity index (χ3v) is 15.4. The van der Waals surface area contributed by atoms with Gasteiger partial charge in [-0.1, -0.05) is 77.3 Å². The number of fused-ring (bicyclic) bond motifs is 4. The number of aromatic hydroxyl groups is 1. The monoisotopic (exact) mass is 1040 g/mol. The zero-order chi connectivity index (χ0) is 45.6. The Labute approximate surface area is 389 Å². The highest BCUT2D eigenvalue weighted by Crippen LogP contribution is 2.66. The number of rotatable bonds is 8. The van der Waals surface area contributed by atoms with Crippen molar-refractivity contribution < 1.29 is 47.0 Å². The number of carbonyl (C=O) groups is 5. The number of methoxy groups -OCH3 is 1. The van der Waals surface area contributed by atoms with Gasteiger partial charge < -0.3 is 9.84 Å². The molecule has 1 saturated carbocycles. The SMILES string of the molecule is COc1cc(C2C3=CCC4C(=O)N(c5ccc(C(=O)c6ccccc6)cc5)C(=O)C4C3CC3C(=O)N(Nc4ncc(C(F)(F)F)cc4Cl)C(=O)C32c2ccc(Cl)cc2)c(Br)c(Br)c1O. The van der Waals surface area contributed by atoms with E-state index in [1.54, 1.807) is 66.7 Å². The summed E-state index contributed by atoms with van der Waals surface area (Å²) in [5.41, 5.74) is 1.89. The van der Waals surface area contributed by atoms with E-state index in [4.69, 9.17) is 27.9 Å². The molecule has 3 heterocycles. The van der Waals surface area contributed by atoms with Crippen LogP contribution in [0.5, 0.6) is 11.5 Å². The van der Waals surface area contributed by atoms with Crippen molar-refractivity contribution in [1.82, 2.24) is 9.99 Å². The molecule has 9 rings (SSSR count). The number of aromatic nitrogens is 1. The molecule has 2 saturated heterocycles. The quantitative estimate of drug-likeness (QED) is 0.0881. The summed E-state index contributed by atoms with van der Waals surface area (Å²) in [6.45, 7) is 0. The fourth-order valence-corrected chi connectivity index (χ4v) is 11.2. The van der Waals surface area contributed by atoms with E-state index in [-0.39, 0.29) is 44.8 Å². The van der Waals surface area contributed by atoms with Gasteiger partial charge in [-0.25, -0.2) is 4.98 Å². The average molecular weight is 1040 g/mol. The standard InChI is InChI=1S/C46H31Br2Cl2F3N4O7/c1-64-33-19-30(36(47)37(48)39(33)59)35-27-15-16-28-34(43(62)56(41(28)60)26-13-7-22(8-14-26)38(58)21-5-3-2-4-6-21)29(27)18-31-42(61)57(44(63)45(31,35)23-9-11-25(49)12-10-23)55-40-32(50)17-24(20-54-40)46(51,52)53/h2-15,17,19-20,28-29,31,34-35,59H,16,18H2,1H3,(H,54,55). The molecule has 3 fully saturated rings. The van der Waals surface area contributed by atoms with Crippen LogP contribution in [0.15, 0.2) is 118 Å². The Morgan fingerprint density at radius 2 is 1.56 bits per heavy atom. The Morgan fingerprint density at radius 3 is 2.20 bits per heavy atom. The highest BCUT2D eigenvalue weighted by molar-refractivity contribution is 9.13. The van der Waals surface area contributed by atoms with Gasteiger partial charge in [-0.2, -0.15) is 18.2 Å². The molecule has 2 N–H and O–H groups in total. The molecule has 6 atom stereocenters. The first kappa shape index (κ1) is 43.7. The number of hydrogen-bond donors (Lipinski definition) is 2. The second kappa shape index (κ2) is 16.2. The Bertz CT molecular complexity index is 2850. The van der Waals surface area contributed by atoms with Crippen LogP contribution in [0.2, 0.25) is 10.0 Å². The molecule has 1 aromatic heterocycles. The second-order valence-electron chi connectivity index (χ2n) is 15.8. The van der Waals surface area contributed by atoms with Crippen LogP contribution in [0, 0.1) is 23.7 Å². The number of benzene rings is 4. The first-order chi connectivity index (χ1) is 30.5. The van der Waals surface area contributed by atoms with Crippen LogP contribution >= 0.6 is 55.1 Å². The maximum Gasteiger partial charge on any atom is 0.417 e. The molecule has 5 aromatic rings. The van der Waals surface area contributed by atoms with Crippen molar-refractivity contribution >= 4 is 96.0 Å². The van der Waals surface area contributed by atoms with E-state index in [2.05, 4.69) is 42.3 Å². The van der Waals surface area contributed by atoms with E-state index in [1.807, 2.05) is 6.08 Å². The van der Waals surface area contributed by atoms with E-state index in [0.29, 0.717) is 50.1 Å². The summed E-state index contributed by atoms with van der Waals surface area (Å²) in [6.07, 6.45) is -2.51. The topological polar surface area (TPSA) is 146 Å². The highest BCUT2D eigenvalue weighted by Gasteiger charge is 2.71. The fraction of sp³-hybridized carbons (Fsp3) is 0.217. The molecule has 18 heteroatoms. The maximum atomic E-state index is 15.6. The number of nitrogens with one attached hydrogen (secondary N) is 1. The predicted octanol–water partition coefficient (Wildman–Crippen LogP) is 10.1. The van der Waals surface area contributed by atoms with Crippen molar-refractivity contribution in [3.63, 3.8) is 0 Å². The molecule has 64 heavy (non-hydrogen) atoms. The Kier molecular flexibility index (Phi) is 11.0. The van der Waals surface area contributed by atoms with Crippen molar-refractivity contribution in [3.05, 3.63) is 156 Å². The first-order valence-electron chi connectivity index (χ1n) is 19.6. The van der Waals surface area contributed by atoms with Crippen molar-refractivity contribution in [2.75, 3.05) is 17.4 Å². The van der Waals surface area contributed by atoms with Crippen molar-refractivity contribution in [2.24, 2.45) is 23.7 Å². The van der Waals surface area contributed by atoms with Gasteiger partial charge in [0.25, 0.3) is 11.8 Å². The zero-order valence-electron chi connectivity index (χ0n) is 33.0. The van der Waals surface area contributed by atoms with E-state index < -0.39 is 81.2 Å². The molecule has 0 spiro atoms. The summed E-state index contributed by atoms with van der Waals surface area (Å²) in [5.74, 6) is -8.71. The number of allylic oxidation sites excluding steroid dienone is 2. The fourth-order valence-electron chi connectivity index (χ4n) is 9.88. The van der Waals surface area contributed by atoms with Gasteiger partial charge >= 0.3 is 6.18 Å². The normalized spacial score (nSPS) is 24.0. The summed E-state index contributed by atoms with van der Waals surface area (Å²) in [7, 11) is 1.34. The second-order valence-corrected chi connectivity index (χ2v) is 18.2. The van der Waals surface area contributed by atoms with E-state index in [1.165, 1.54) is 25.3 Å². The van der Waals surface area contributed by atoms with Crippen LogP contribution in [0.3, 0.4) is 0 Å². The van der Waals surface area contributed by atoms with Crippen LogP contribution in [0.25, 0.3) is 0 Å². The molecule has 4 aromatic carbocycles. The van der Waals surface area contributed by atoms with E-state index in [9.17, 15) is 32.7 Å². The zero-order valence-corrected chi connectivity index (χ0v) is 37.7. The van der Waals surface area contributed by atoms with Crippen LogP contribution < -0.4 is 15.1 Å². The first-order valence-corrected chi connectivity index (χ1v) is 22.0. The number of nitrogens with zero attached hydrogens (tertiary/aromatic N) is 3. The number of pyridine rings is 1. The van der Waals surface area contributed by atoms with Crippen molar-refractivity contribution in [2.45, 2.75) is 30.4 Å². The lowest BCUT2D eigenvalue weighted by Crippen LogP contribution is -2.53. The molecule has 326 valence electrons. The molecule has 2 aliphatic carbocycles. The third kappa shape index (κ3) is 6.74. The van der Waals surface area contributed by atoms with Gasteiger partial charge in [0.05, 0.1) is 51.0 Å². The molecule has 6 unspecified atom stereocenters. The Balaban J connectivity index is 1.19. The molecule has 4 aliphatic rings. The summed E-state index contributed by atoms with van der Waals surface area (Å²) in [6, 6.07) is 23.3. The number of phenolic OH excluding ortho intramolecular Hbond substituents is 1. The van der Waals surface area contributed by atoms with E-state index in [0.717, 1.165) is 4.90 Å². The van der Waals surface area contributed by atoms with Crippen molar-refractivity contribution in [3.8, 4) is 11.5 Å². The summed E-state index contributed by atoms with van der Waals surface area (Å²) >= 11 is 19.8. The number of hydrazine groups is 1. The molecule has 0 bridgehead atoms. The molecular formula is C46H31Br2Cl2F3N4O7. The number of amides is 4. The Morgan fingerprint density at radius 1 is 0.891 bits per heavy atom. The van der Waals surface area contributed by atoms with Gasteiger partial charge in [0, 0.05) is 32.7 Å². The number of hydrogen-bond acceptors (Lipinski definition) is 9. The van der Waals surface area contributed by atoms with E-state index >= 15 is 9.59 Å². The predicted molar refractivity (Wildman–Crippen MR) is 236 cm³/mol. The lowest BCUT2D eigenvalue weighted by Gasteiger charge is -2.51. The van der Waals surface area contributed by atoms with Gasteiger partial charge in [-0.3, -0.25) is 34.3 Å². The van der Waals surface area contributed by atoms with Gasteiger partial charge in [-0.15, -0.1) is 0 Å². The van der Waals surface area contributed by atoms with Gasteiger partial charge in [-0.05, 0) is 110 Å². The minimum Gasteiger partial charge on any atom is -0.503 e. The lowest BCUT2D eigenvalue weighted by atomic mass is 9.49. The number of alkyl halides is 3. The molecule has 2 aliphatic heterocycles. The van der Waals surface area contributed by atoms with Gasteiger partial charge in [0.1, 0.15) is 0 Å². The summed E-state index contributed by atoms with van der Waals surface area (Å²) < 4.78 is 46.8. The minimum atomic E-state index is -4.79.